The topological polar surface area (TPSA) is 209 Å². The monoisotopic (exact) mass is 708 g/mol. The Bertz CT molecular complexity index is 1760. The van der Waals surface area contributed by atoms with Crippen LogP contribution in [0.4, 0.5) is 5.69 Å². The van der Waals surface area contributed by atoms with Crippen LogP contribution in [0.25, 0.3) is 0 Å². The maximum Gasteiger partial charge on any atom is 0.264 e. The molecule has 3 aromatic rings. The van der Waals surface area contributed by atoms with Crippen LogP contribution in [-0.4, -0.2) is 77.6 Å². The molecule has 0 spiro atoms. The minimum Gasteiger partial charge on any atom is -0.494 e. The number of imide groups is 1. The largest absolute Gasteiger partial charge is 0.494 e. The lowest BCUT2D eigenvalue weighted by atomic mass is 9.83. The number of hydrogen-bond acceptors (Lipinski definition) is 9. The Kier molecular flexibility index (Phi) is 12.8. The lowest BCUT2D eigenvalue weighted by Crippen LogP contribution is -2.52. The molecular weight excluding hydrogens is 668 g/mol. The molecule has 1 heterocycles. The highest BCUT2D eigenvalue weighted by Crippen LogP contribution is 2.28. The van der Waals surface area contributed by atoms with Crippen LogP contribution < -0.4 is 20.9 Å². The van der Waals surface area contributed by atoms with Crippen molar-refractivity contribution in [3.8, 4) is 5.75 Å². The number of carbonyl (C=O) groups excluding carboxylic acids is 5. The standard InChI is InChI=1S/C35H40N4O10S/c1-22(2)19-28(29(32(41)38-45)21-39-34(43)26-11-6-7-12-27(26)35(39)44)31(40)37-30(33(42)36-24-9-4-3-5-10-24)20-23-13-15-25(16-14-23)49-17-8-18-50(46,47)48/h3-7,9-16,22,28-30,45H,8,17-21H2,1-2H3,(H,36,42)(H,37,40)(H,38,41)(H,46,47,48)/t28?,29?,30-/m0/s1. The van der Waals surface area contributed by atoms with E-state index in [9.17, 15) is 37.6 Å². The molecule has 5 amide bonds. The van der Waals surface area contributed by atoms with Gasteiger partial charge in [0.15, 0.2) is 0 Å². The van der Waals surface area contributed by atoms with Crippen LogP contribution in [0.1, 0.15) is 53.0 Å². The van der Waals surface area contributed by atoms with E-state index in [0.29, 0.717) is 17.0 Å². The number of anilines is 1. The summed E-state index contributed by atoms with van der Waals surface area (Å²) in [6.07, 6.45) is 0.203. The molecule has 3 atom stereocenters. The van der Waals surface area contributed by atoms with E-state index < -0.39 is 69.8 Å². The van der Waals surface area contributed by atoms with E-state index in [-0.39, 0.29) is 42.9 Å². The number of ether oxygens (including phenoxy) is 1. The molecule has 0 aromatic heterocycles. The van der Waals surface area contributed by atoms with Crippen LogP contribution in [0.15, 0.2) is 78.9 Å². The van der Waals surface area contributed by atoms with Crippen LogP contribution in [0.5, 0.6) is 5.75 Å². The minimum atomic E-state index is -4.11. The summed E-state index contributed by atoms with van der Waals surface area (Å²) in [6.45, 7) is 3.19. The Morgan fingerprint density at radius 2 is 1.42 bits per heavy atom. The molecular formula is C35H40N4O10S. The Hall–Kier alpha value is -5.12. The highest BCUT2D eigenvalue weighted by molar-refractivity contribution is 7.85. The molecule has 4 rings (SSSR count). The summed E-state index contributed by atoms with van der Waals surface area (Å²) < 4.78 is 36.3. The molecule has 0 radical (unpaired) electrons. The van der Waals surface area contributed by atoms with Gasteiger partial charge in [-0.05, 0) is 60.7 Å². The number of hydroxylamine groups is 1. The minimum absolute atomic E-state index is 0.0110. The van der Waals surface area contributed by atoms with Gasteiger partial charge in [0.25, 0.3) is 21.9 Å². The summed E-state index contributed by atoms with van der Waals surface area (Å²) in [5.74, 6) is -6.19. The number of benzene rings is 3. The van der Waals surface area contributed by atoms with Gasteiger partial charge in [-0.1, -0.05) is 56.3 Å². The molecule has 0 saturated carbocycles. The third kappa shape index (κ3) is 10.2. The van der Waals surface area contributed by atoms with E-state index in [1.165, 1.54) is 12.1 Å². The van der Waals surface area contributed by atoms with Crippen molar-refractivity contribution in [2.24, 2.45) is 17.8 Å². The SMILES string of the molecule is CC(C)CC(C(=O)N[C@@H](Cc1ccc(OCCCS(=O)(=O)O)cc1)C(=O)Nc1ccccc1)C(CN1C(=O)c2ccccc2C1=O)C(=O)NO. The van der Waals surface area contributed by atoms with E-state index in [1.54, 1.807) is 72.2 Å². The van der Waals surface area contributed by atoms with E-state index in [0.717, 1.165) is 4.90 Å². The molecule has 1 aliphatic rings. The van der Waals surface area contributed by atoms with Gasteiger partial charge in [0.2, 0.25) is 17.7 Å². The number of para-hydroxylation sites is 1. The molecule has 15 heteroatoms. The molecule has 5 N–H and O–H groups in total. The van der Waals surface area contributed by atoms with Gasteiger partial charge in [-0.2, -0.15) is 8.42 Å². The zero-order valence-electron chi connectivity index (χ0n) is 27.6. The number of amides is 5. The molecule has 3 aromatic carbocycles. The van der Waals surface area contributed by atoms with Crippen molar-refractivity contribution >= 4 is 45.3 Å². The molecule has 0 bridgehead atoms. The van der Waals surface area contributed by atoms with Gasteiger partial charge in [0.1, 0.15) is 11.8 Å². The quantitative estimate of drug-likeness (QED) is 0.0455. The summed E-state index contributed by atoms with van der Waals surface area (Å²) in [6, 6.07) is 20.2. The van der Waals surface area contributed by atoms with E-state index >= 15 is 0 Å². The molecule has 0 aliphatic carbocycles. The maximum absolute atomic E-state index is 14.1. The Morgan fingerprint density at radius 3 is 1.98 bits per heavy atom. The van der Waals surface area contributed by atoms with Crippen LogP contribution in [0, 0.1) is 17.8 Å². The van der Waals surface area contributed by atoms with Crippen molar-refractivity contribution in [2.75, 3.05) is 24.2 Å². The summed E-state index contributed by atoms with van der Waals surface area (Å²) in [5, 5.41) is 15.2. The molecule has 2 unspecified atom stereocenters. The summed E-state index contributed by atoms with van der Waals surface area (Å²) in [5.41, 5.74) is 3.01. The van der Waals surface area contributed by atoms with Crippen molar-refractivity contribution < 1.29 is 46.9 Å². The third-order valence-electron chi connectivity index (χ3n) is 8.11. The average molecular weight is 709 g/mol. The summed E-state index contributed by atoms with van der Waals surface area (Å²) in [7, 11) is -4.11. The lowest BCUT2D eigenvalue weighted by molar-refractivity contribution is -0.141. The Labute approximate surface area is 289 Å². The highest BCUT2D eigenvalue weighted by Gasteiger charge is 2.42. The predicted octanol–water partition coefficient (Wildman–Crippen LogP) is 3.09. The molecule has 1 aliphatic heterocycles. The number of carbonyl (C=O) groups is 5. The lowest BCUT2D eigenvalue weighted by Gasteiger charge is -2.30. The number of hydrogen-bond donors (Lipinski definition) is 5. The summed E-state index contributed by atoms with van der Waals surface area (Å²) in [4.78, 5) is 68.1. The first-order chi connectivity index (χ1) is 23.8. The number of nitrogens with one attached hydrogen (secondary N) is 3. The van der Waals surface area contributed by atoms with Crippen LogP contribution in [0.2, 0.25) is 0 Å². The van der Waals surface area contributed by atoms with E-state index in [1.807, 2.05) is 13.8 Å². The fourth-order valence-corrected chi connectivity index (χ4v) is 6.15. The zero-order chi connectivity index (χ0) is 36.4. The van der Waals surface area contributed by atoms with Gasteiger partial charge in [0, 0.05) is 18.7 Å². The average Bonchev–Trinajstić information content (AvgIpc) is 3.32. The highest BCUT2D eigenvalue weighted by atomic mass is 32.2. The Balaban J connectivity index is 1.57. The van der Waals surface area contributed by atoms with Gasteiger partial charge in [-0.15, -0.1) is 0 Å². The van der Waals surface area contributed by atoms with Gasteiger partial charge < -0.3 is 15.4 Å². The fourth-order valence-electron chi connectivity index (χ4n) is 5.67. The van der Waals surface area contributed by atoms with Crippen LogP contribution in [0.3, 0.4) is 0 Å². The molecule has 0 fully saturated rings. The first-order valence-electron chi connectivity index (χ1n) is 16.0. The summed E-state index contributed by atoms with van der Waals surface area (Å²) >= 11 is 0. The maximum atomic E-state index is 14.1. The van der Waals surface area contributed by atoms with Crippen LogP contribution >= 0.6 is 0 Å². The van der Waals surface area contributed by atoms with Gasteiger partial charge in [0.05, 0.1) is 35.3 Å². The molecule has 266 valence electrons. The van der Waals surface area contributed by atoms with Crippen molar-refractivity contribution in [2.45, 2.75) is 39.2 Å². The van der Waals surface area contributed by atoms with Gasteiger partial charge >= 0.3 is 0 Å². The number of nitrogens with zero attached hydrogens (tertiary/aromatic N) is 1. The van der Waals surface area contributed by atoms with E-state index in [4.69, 9.17) is 9.29 Å². The predicted molar refractivity (Wildman–Crippen MR) is 182 cm³/mol. The van der Waals surface area contributed by atoms with Crippen molar-refractivity contribution in [3.63, 3.8) is 0 Å². The molecule has 14 nitrogen and oxygen atoms in total. The number of rotatable bonds is 17. The van der Waals surface area contributed by atoms with E-state index in [2.05, 4.69) is 10.6 Å². The van der Waals surface area contributed by atoms with Crippen molar-refractivity contribution in [1.29, 1.82) is 0 Å². The smallest absolute Gasteiger partial charge is 0.264 e. The Morgan fingerprint density at radius 1 is 0.820 bits per heavy atom. The fraction of sp³-hybridized carbons (Fsp3) is 0.343. The normalized spacial score (nSPS) is 14.5. The van der Waals surface area contributed by atoms with Gasteiger partial charge in [-0.25, -0.2) is 5.48 Å². The second-order valence-corrected chi connectivity index (χ2v) is 13.9. The zero-order valence-corrected chi connectivity index (χ0v) is 28.4. The number of fused-ring (bicyclic) bond motifs is 1. The van der Waals surface area contributed by atoms with Gasteiger partial charge in [-0.3, -0.25) is 38.6 Å². The first kappa shape index (κ1) is 37.7. The van der Waals surface area contributed by atoms with Crippen LogP contribution in [-0.2, 0) is 30.9 Å². The van der Waals surface area contributed by atoms with Crippen molar-refractivity contribution in [1.82, 2.24) is 15.7 Å². The first-order valence-corrected chi connectivity index (χ1v) is 17.6. The molecule has 50 heavy (non-hydrogen) atoms. The third-order valence-corrected chi connectivity index (χ3v) is 8.91. The van der Waals surface area contributed by atoms with Crippen molar-refractivity contribution in [3.05, 3.63) is 95.6 Å². The second-order valence-electron chi connectivity index (χ2n) is 12.3. The second kappa shape index (κ2) is 17.0. The molecule has 0 saturated heterocycles.